The zero-order chi connectivity index (χ0) is 16.1. The van der Waals surface area contributed by atoms with Crippen LogP contribution in [-0.2, 0) is 5.75 Å². The standard InChI is InChI=1S/C17H15ClN2OS2/c18-13-5-3-6-14(10-13)20-16(21)15-7-2-1-4-12(15)11-23-17-19-8-9-22-17/h1-7,10H,8-9,11H2,(H,20,21). The van der Waals surface area contributed by atoms with Crippen LogP contribution in [0.4, 0.5) is 5.69 Å². The van der Waals surface area contributed by atoms with E-state index in [1.807, 2.05) is 36.4 Å². The molecular formula is C17H15ClN2OS2. The number of anilines is 1. The lowest BCUT2D eigenvalue weighted by Crippen LogP contribution is -2.14. The Balaban J connectivity index is 1.72. The van der Waals surface area contributed by atoms with Crippen molar-refractivity contribution >= 4 is 51.1 Å². The Kier molecular flexibility index (Phi) is 5.65. The van der Waals surface area contributed by atoms with E-state index in [1.165, 1.54) is 0 Å². The van der Waals surface area contributed by atoms with Gasteiger partial charge in [0.25, 0.3) is 5.91 Å². The predicted molar refractivity (Wildman–Crippen MR) is 102 cm³/mol. The highest BCUT2D eigenvalue weighted by molar-refractivity contribution is 8.38. The van der Waals surface area contributed by atoms with Crippen molar-refractivity contribution in [1.82, 2.24) is 0 Å². The number of amides is 1. The molecule has 23 heavy (non-hydrogen) atoms. The number of thioether (sulfide) groups is 2. The molecule has 0 spiro atoms. The van der Waals surface area contributed by atoms with E-state index in [2.05, 4.69) is 10.3 Å². The van der Waals surface area contributed by atoms with Crippen LogP contribution < -0.4 is 5.32 Å². The number of carbonyl (C=O) groups is 1. The molecule has 3 nitrogen and oxygen atoms in total. The molecule has 1 heterocycles. The number of hydrogen-bond acceptors (Lipinski definition) is 4. The van der Waals surface area contributed by atoms with Gasteiger partial charge in [0.05, 0.1) is 6.54 Å². The summed E-state index contributed by atoms with van der Waals surface area (Å²) in [7, 11) is 0. The molecular weight excluding hydrogens is 348 g/mol. The molecule has 0 unspecified atom stereocenters. The molecule has 2 aromatic carbocycles. The molecule has 6 heteroatoms. The molecule has 0 saturated heterocycles. The SMILES string of the molecule is O=C(Nc1cccc(Cl)c1)c1ccccc1CSC1=NCCS1. The Hall–Kier alpha value is -1.43. The van der Waals surface area contributed by atoms with E-state index < -0.39 is 0 Å². The maximum Gasteiger partial charge on any atom is 0.255 e. The molecule has 0 fully saturated rings. The molecule has 1 aliphatic rings. The molecule has 0 aliphatic carbocycles. The fourth-order valence-electron chi connectivity index (χ4n) is 2.17. The van der Waals surface area contributed by atoms with Crippen LogP contribution in [0, 0.1) is 0 Å². The van der Waals surface area contributed by atoms with Gasteiger partial charge in [-0.25, -0.2) is 0 Å². The highest BCUT2D eigenvalue weighted by atomic mass is 35.5. The second-order valence-electron chi connectivity index (χ2n) is 4.91. The number of hydrogen-bond donors (Lipinski definition) is 1. The Labute approximate surface area is 148 Å². The van der Waals surface area contributed by atoms with Crippen molar-refractivity contribution in [3.63, 3.8) is 0 Å². The van der Waals surface area contributed by atoms with Crippen molar-refractivity contribution < 1.29 is 4.79 Å². The van der Waals surface area contributed by atoms with Crippen molar-refractivity contribution in [2.45, 2.75) is 5.75 Å². The van der Waals surface area contributed by atoms with Gasteiger partial charge in [-0.05, 0) is 29.8 Å². The molecule has 118 valence electrons. The van der Waals surface area contributed by atoms with Crippen LogP contribution in [0.15, 0.2) is 53.5 Å². The normalized spacial score (nSPS) is 13.7. The lowest BCUT2D eigenvalue weighted by atomic mass is 10.1. The molecule has 2 aromatic rings. The zero-order valence-electron chi connectivity index (χ0n) is 12.3. The number of benzene rings is 2. The van der Waals surface area contributed by atoms with Crippen LogP contribution in [0.25, 0.3) is 0 Å². The van der Waals surface area contributed by atoms with Crippen molar-refractivity contribution in [3.05, 3.63) is 64.7 Å². The molecule has 0 atom stereocenters. The predicted octanol–water partition coefficient (Wildman–Crippen LogP) is 4.93. The molecule has 0 aromatic heterocycles. The van der Waals surface area contributed by atoms with Gasteiger partial charge < -0.3 is 5.32 Å². The van der Waals surface area contributed by atoms with Crippen LogP contribution in [-0.4, -0.2) is 22.6 Å². The fraction of sp³-hybridized carbons (Fsp3) is 0.176. The quantitative estimate of drug-likeness (QED) is 0.838. The first kappa shape index (κ1) is 16.4. The van der Waals surface area contributed by atoms with Crippen molar-refractivity contribution in [2.75, 3.05) is 17.6 Å². The van der Waals surface area contributed by atoms with E-state index in [0.717, 1.165) is 28.0 Å². The van der Waals surface area contributed by atoms with Gasteiger partial charge in [-0.1, -0.05) is 59.4 Å². The Morgan fingerprint density at radius 1 is 1.26 bits per heavy atom. The molecule has 3 rings (SSSR count). The van der Waals surface area contributed by atoms with Gasteiger partial charge in [-0.2, -0.15) is 0 Å². The van der Waals surface area contributed by atoms with Gasteiger partial charge in [-0.15, -0.1) is 0 Å². The summed E-state index contributed by atoms with van der Waals surface area (Å²) in [5, 5.41) is 3.50. The molecule has 0 bridgehead atoms. The Bertz CT molecular complexity index is 749. The van der Waals surface area contributed by atoms with Crippen LogP contribution in [0.3, 0.4) is 0 Å². The highest BCUT2D eigenvalue weighted by Crippen LogP contribution is 2.27. The first-order valence-corrected chi connectivity index (χ1v) is 9.52. The maximum atomic E-state index is 12.5. The first-order chi connectivity index (χ1) is 11.2. The average Bonchev–Trinajstić information content (AvgIpc) is 3.06. The molecule has 1 amide bonds. The lowest BCUT2D eigenvalue weighted by molar-refractivity contribution is 0.102. The van der Waals surface area contributed by atoms with E-state index >= 15 is 0 Å². The summed E-state index contributed by atoms with van der Waals surface area (Å²) in [6.07, 6.45) is 0. The number of nitrogens with zero attached hydrogens (tertiary/aromatic N) is 1. The number of aliphatic imine (C=N–C) groups is 1. The maximum absolute atomic E-state index is 12.5. The summed E-state index contributed by atoms with van der Waals surface area (Å²) < 4.78 is 1.11. The number of nitrogens with one attached hydrogen (secondary N) is 1. The summed E-state index contributed by atoms with van der Waals surface area (Å²) >= 11 is 9.43. The van der Waals surface area contributed by atoms with Gasteiger partial charge >= 0.3 is 0 Å². The second kappa shape index (κ2) is 7.90. The minimum atomic E-state index is -0.121. The molecule has 0 radical (unpaired) electrons. The summed E-state index contributed by atoms with van der Waals surface area (Å²) in [4.78, 5) is 17.0. The van der Waals surface area contributed by atoms with E-state index in [1.54, 1.807) is 35.7 Å². The van der Waals surface area contributed by atoms with Crippen molar-refractivity contribution in [3.8, 4) is 0 Å². The summed E-state index contributed by atoms with van der Waals surface area (Å²) in [6.45, 7) is 0.893. The fourth-order valence-corrected chi connectivity index (χ4v) is 4.38. The summed E-state index contributed by atoms with van der Waals surface area (Å²) in [5.74, 6) is 1.67. The molecule has 0 saturated carbocycles. The monoisotopic (exact) mass is 362 g/mol. The highest BCUT2D eigenvalue weighted by Gasteiger charge is 2.14. The van der Waals surface area contributed by atoms with Crippen LogP contribution in [0.1, 0.15) is 15.9 Å². The van der Waals surface area contributed by atoms with Gasteiger partial charge in [0.2, 0.25) is 0 Å². The third kappa shape index (κ3) is 4.53. The van der Waals surface area contributed by atoms with Crippen molar-refractivity contribution in [1.29, 1.82) is 0 Å². The zero-order valence-corrected chi connectivity index (χ0v) is 14.7. The third-order valence-corrected chi connectivity index (χ3v) is 5.79. The van der Waals surface area contributed by atoms with Gasteiger partial charge in [0, 0.05) is 27.8 Å². The second-order valence-corrected chi connectivity index (χ2v) is 7.65. The Morgan fingerprint density at radius 2 is 2.13 bits per heavy atom. The Morgan fingerprint density at radius 3 is 2.91 bits per heavy atom. The smallest absolute Gasteiger partial charge is 0.255 e. The van der Waals surface area contributed by atoms with E-state index in [0.29, 0.717) is 16.3 Å². The van der Waals surface area contributed by atoms with Crippen molar-refractivity contribution in [2.24, 2.45) is 4.99 Å². The number of rotatable bonds is 4. The first-order valence-electron chi connectivity index (χ1n) is 7.17. The van der Waals surface area contributed by atoms with Crippen LogP contribution in [0.5, 0.6) is 0 Å². The van der Waals surface area contributed by atoms with Gasteiger partial charge in [0.15, 0.2) is 0 Å². The largest absolute Gasteiger partial charge is 0.322 e. The van der Waals surface area contributed by atoms with E-state index in [9.17, 15) is 4.79 Å². The van der Waals surface area contributed by atoms with E-state index in [-0.39, 0.29) is 5.91 Å². The minimum absolute atomic E-state index is 0.121. The van der Waals surface area contributed by atoms with Gasteiger partial charge in [0.1, 0.15) is 4.38 Å². The number of carbonyl (C=O) groups excluding carboxylic acids is 1. The minimum Gasteiger partial charge on any atom is -0.322 e. The topological polar surface area (TPSA) is 41.5 Å². The number of halogens is 1. The van der Waals surface area contributed by atoms with Crippen LogP contribution >= 0.6 is 35.1 Å². The summed E-state index contributed by atoms with van der Waals surface area (Å²) in [6, 6.07) is 14.8. The van der Waals surface area contributed by atoms with E-state index in [4.69, 9.17) is 11.6 Å². The van der Waals surface area contributed by atoms with Gasteiger partial charge in [-0.3, -0.25) is 9.79 Å². The third-order valence-electron chi connectivity index (χ3n) is 3.25. The summed E-state index contributed by atoms with van der Waals surface area (Å²) in [5.41, 5.74) is 2.39. The average molecular weight is 363 g/mol. The molecule has 1 aliphatic heterocycles. The van der Waals surface area contributed by atoms with Crippen LogP contribution in [0.2, 0.25) is 5.02 Å². The molecule has 1 N–H and O–H groups in total. The lowest BCUT2D eigenvalue weighted by Gasteiger charge is -2.10.